The van der Waals surface area contributed by atoms with E-state index in [1.807, 2.05) is 13.8 Å². The van der Waals surface area contributed by atoms with Crippen LogP contribution in [0.25, 0.3) is 0 Å². The van der Waals surface area contributed by atoms with Gasteiger partial charge in [0.2, 0.25) is 0 Å². The van der Waals surface area contributed by atoms with E-state index in [1.54, 1.807) is 48.8 Å². The Morgan fingerprint density at radius 1 is 0.905 bits per heavy atom. The number of rotatable bonds is 4. The van der Waals surface area contributed by atoms with Gasteiger partial charge in [0.25, 0.3) is 11.8 Å². The van der Waals surface area contributed by atoms with Crippen LogP contribution in [0.1, 0.15) is 34.6 Å². The Morgan fingerprint density at radius 3 is 2.05 bits per heavy atom. The molecule has 1 aromatic heterocycles. The maximum atomic E-state index is 12.0. The van der Waals surface area contributed by atoms with Crippen molar-refractivity contribution in [3.8, 4) is 0 Å². The first-order valence-corrected chi connectivity index (χ1v) is 6.68. The molecular formula is C16H17N3O2. The quantitative estimate of drug-likeness (QED) is 0.905. The van der Waals surface area contributed by atoms with Crippen LogP contribution in [-0.2, 0) is 0 Å². The average Bonchev–Trinajstić information content (AvgIpc) is 2.48. The van der Waals surface area contributed by atoms with Gasteiger partial charge in [0, 0.05) is 35.2 Å². The number of carbonyl (C=O) groups is 2. The smallest absolute Gasteiger partial charge is 0.255 e. The van der Waals surface area contributed by atoms with Crippen molar-refractivity contribution in [2.24, 2.45) is 0 Å². The number of carbonyl (C=O) groups excluding carboxylic acids is 2. The molecule has 0 saturated heterocycles. The number of nitrogens with one attached hydrogen (secondary N) is 2. The zero-order valence-corrected chi connectivity index (χ0v) is 12.0. The normalized spacial score (nSPS) is 10.2. The summed E-state index contributed by atoms with van der Waals surface area (Å²) in [6.07, 6.45) is 3.13. The Kier molecular flexibility index (Phi) is 4.66. The van der Waals surface area contributed by atoms with Crippen LogP contribution in [-0.4, -0.2) is 22.8 Å². The Balaban J connectivity index is 2.03. The van der Waals surface area contributed by atoms with Gasteiger partial charge in [-0.15, -0.1) is 0 Å². The lowest BCUT2D eigenvalue weighted by atomic mass is 10.1. The van der Waals surface area contributed by atoms with Gasteiger partial charge >= 0.3 is 0 Å². The van der Waals surface area contributed by atoms with Gasteiger partial charge in [-0.05, 0) is 50.2 Å². The largest absolute Gasteiger partial charge is 0.350 e. The third kappa shape index (κ3) is 4.14. The first-order valence-electron chi connectivity index (χ1n) is 6.68. The minimum absolute atomic E-state index is 0.0866. The molecule has 0 atom stereocenters. The fraction of sp³-hybridized carbons (Fsp3) is 0.188. The van der Waals surface area contributed by atoms with Crippen molar-refractivity contribution in [2.75, 3.05) is 5.32 Å². The Labute approximate surface area is 123 Å². The molecule has 0 radical (unpaired) electrons. The first kappa shape index (κ1) is 14.7. The van der Waals surface area contributed by atoms with E-state index in [0.29, 0.717) is 16.8 Å². The molecule has 0 aliphatic heterocycles. The SMILES string of the molecule is CC(C)NC(=O)c1ccc(NC(=O)c2ccncc2)cc1. The van der Waals surface area contributed by atoms with Crippen LogP contribution in [0.4, 0.5) is 5.69 Å². The van der Waals surface area contributed by atoms with E-state index in [2.05, 4.69) is 15.6 Å². The molecule has 0 spiro atoms. The molecule has 2 N–H and O–H groups in total. The van der Waals surface area contributed by atoms with Crippen LogP contribution in [0.3, 0.4) is 0 Å². The molecule has 5 heteroatoms. The van der Waals surface area contributed by atoms with E-state index in [4.69, 9.17) is 0 Å². The maximum Gasteiger partial charge on any atom is 0.255 e. The van der Waals surface area contributed by atoms with Crippen molar-refractivity contribution in [3.05, 3.63) is 59.9 Å². The Hall–Kier alpha value is -2.69. The zero-order valence-electron chi connectivity index (χ0n) is 12.0. The summed E-state index contributed by atoms with van der Waals surface area (Å²) in [4.78, 5) is 27.6. The second kappa shape index (κ2) is 6.65. The van der Waals surface area contributed by atoms with E-state index >= 15 is 0 Å². The summed E-state index contributed by atoms with van der Waals surface area (Å²) >= 11 is 0. The number of nitrogens with zero attached hydrogens (tertiary/aromatic N) is 1. The number of hydrogen-bond acceptors (Lipinski definition) is 3. The van der Waals surface area contributed by atoms with Crippen molar-refractivity contribution in [2.45, 2.75) is 19.9 Å². The molecule has 0 unspecified atom stereocenters. The lowest BCUT2D eigenvalue weighted by molar-refractivity contribution is 0.0942. The topological polar surface area (TPSA) is 71.1 Å². The molecule has 0 saturated carbocycles. The molecule has 5 nitrogen and oxygen atoms in total. The van der Waals surface area contributed by atoms with Gasteiger partial charge in [-0.25, -0.2) is 0 Å². The monoisotopic (exact) mass is 283 g/mol. The molecule has 2 rings (SSSR count). The highest BCUT2D eigenvalue weighted by atomic mass is 16.2. The van der Waals surface area contributed by atoms with Crippen molar-refractivity contribution in [1.29, 1.82) is 0 Å². The number of aromatic nitrogens is 1. The molecule has 0 bridgehead atoms. The van der Waals surface area contributed by atoms with E-state index in [0.717, 1.165) is 0 Å². The number of anilines is 1. The van der Waals surface area contributed by atoms with E-state index in [-0.39, 0.29) is 17.9 Å². The highest BCUT2D eigenvalue weighted by Crippen LogP contribution is 2.11. The molecule has 108 valence electrons. The molecule has 1 heterocycles. The summed E-state index contributed by atoms with van der Waals surface area (Å²) in [6, 6.07) is 10.1. The predicted octanol–water partition coefficient (Wildman–Crippen LogP) is 2.47. The standard InChI is InChI=1S/C16H17N3O2/c1-11(2)18-15(20)12-3-5-14(6-4-12)19-16(21)13-7-9-17-10-8-13/h3-11H,1-2H3,(H,18,20)(H,19,21). The highest BCUT2D eigenvalue weighted by molar-refractivity contribution is 6.04. The summed E-state index contributed by atoms with van der Waals surface area (Å²) in [5, 5.41) is 5.58. The van der Waals surface area contributed by atoms with Crippen molar-refractivity contribution in [1.82, 2.24) is 10.3 Å². The number of amides is 2. The lowest BCUT2D eigenvalue weighted by Crippen LogP contribution is -2.30. The summed E-state index contributed by atoms with van der Waals surface area (Å²) in [5.74, 6) is -0.339. The predicted molar refractivity (Wildman–Crippen MR) is 81.2 cm³/mol. The minimum atomic E-state index is -0.211. The van der Waals surface area contributed by atoms with Crippen LogP contribution in [0, 0.1) is 0 Å². The van der Waals surface area contributed by atoms with E-state index < -0.39 is 0 Å². The van der Waals surface area contributed by atoms with Gasteiger partial charge in [-0.2, -0.15) is 0 Å². The highest BCUT2D eigenvalue weighted by Gasteiger charge is 2.08. The first-order chi connectivity index (χ1) is 10.1. The van der Waals surface area contributed by atoms with Gasteiger partial charge in [-0.1, -0.05) is 0 Å². The summed E-state index contributed by atoms with van der Waals surface area (Å²) in [5.41, 5.74) is 1.73. The second-order valence-electron chi connectivity index (χ2n) is 4.90. The lowest BCUT2D eigenvalue weighted by Gasteiger charge is -2.09. The summed E-state index contributed by atoms with van der Waals surface area (Å²) < 4.78 is 0. The third-order valence-corrected chi connectivity index (χ3v) is 2.77. The van der Waals surface area contributed by atoms with Gasteiger partial charge in [0.15, 0.2) is 0 Å². The zero-order chi connectivity index (χ0) is 15.2. The fourth-order valence-corrected chi connectivity index (χ4v) is 1.76. The van der Waals surface area contributed by atoms with E-state index in [9.17, 15) is 9.59 Å². The number of benzene rings is 1. The van der Waals surface area contributed by atoms with Gasteiger partial charge in [0.05, 0.1) is 0 Å². The molecule has 0 aliphatic rings. The summed E-state index contributed by atoms with van der Waals surface area (Å²) in [6.45, 7) is 3.81. The number of hydrogen-bond donors (Lipinski definition) is 2. The van der Waals surface area contributed by atoms with Gasteiger partial charge < -0.3 is 10.6 Å². The molecule has 1 aromatic carbocycles. The maximum absolute atomic E-state index is 12.0. The summed E-state index contributed by atoms with van der Waals surface area (Å²) in [7, 11) is 0. The van der Waals surface area contributed by atoms with Gasteiger partial charge in [0.1, 0.15) is 0 Å². The van der Waals surface area contributed by atoms with Crippen LogP contribution < -0.4 is 10.6 Å². The molecule has 2 amide bonds. The van der Waals surface area contributed by atoms with Crippen molar-refractivity contribution < 1.29 is 9.59 Å². The molecule has 0 aliphatic carbocycles. The van der Waals surface area contributed by atoms with Crippen LogP contribution in [0.5, 0.6) is 0 Å². The van der Waals surface area contributed by atoms with Crippen LogP contribution in [0.15, 0.2) is 48.8 Å². The molecule has 2 aromatic rings. The van der Waals surface area contributed by atoms with E-state index in [1.165, 1.54) is 0 Å². The Morgan fingerprint density at radius 2 is 1.48 bits per heavy atom. The third-order valence-electron chi connectivity index (χ3n) is 2.77. The van der Waals surface area contributed by atoms with Crippen LogP contribution in [0.2, 0.25) is 0 Å². The van der Waals surface area contributed by atoms with Crippen LogP contribution >= 0.6 is 0 Å². The Bertz CT molecular complexity index is 622. The average molecular weight is 283 g/mol. The fourth-order valence-electron chi connectivity index (χ4n) is 1.76. The van der Waals surface area contributed by atoms with Crippen molar-refractivity contribution in [3.63, 3.8) is 0 Å². The number of pyridine rings is 1. The molecular weight excluding hydrogens is 266 g/mol. The molecule has 0 fully saturated rings. The minimum Gasteiger partial charge on any atom is -0.350 e. The van der Waals surface area contributed by atoms with Crippen molar-refractivity contribution >= 4 is 17.5 Å². The second-order valence-corrected chi connectivity index (χ2v) is 4.90. The molecule has 21 heavy (non-hydrogen) atoms. The van der Waals surface area contributed by atoms with Gasteiger partial charge in [-0.3, -0.25) is 14.6 Å².